The van der Waals surface area contributed by atoms with Crippen molar-refractivity contribution in [2.45, 2.75) is 39.2 Å². The van der Waals surface area contributed by atoms with Crippen molar-refractivity contribution >= 4 is 17.3 Å². The number of benzene rings is 1. The molecule has 0 amide bonds. The molecular weight excluding hydrogens is 286 g/mol. The summed E-state index contributed by atoms with van der Waals surface area (Å²) in [4.78, 5) is 15.3. The summed E-state index contributed by atoms with van der Waals surface area (Å²) in [6.45, 7) is 6.78. The average Bonchev–Trinajstić information content (AvgIpc) is 2.84. The predicted molar refractivity (Wildman–Crippen MR) is 82.9 cm³/mol. The molecule has 0 bridgehead atoms. The number of hydrogen-bond acceptors (Lipinski definition) is 4. The Morgan fingerprint density at radius 2 is 2.14 bits per heavy atom. The van der Waals surface area contributed by atoms with Crippen LogP contribution >= 0.6 is 11.3 Å². The van der Waals surface area contributed by atoms with Crippen LogP contribution in [0.3, 0.4) is 0 Å². The lowest BCUT2D eigenvalue weighted by Gasteiger charge is -2.14. The number of aliphatic carboxylic acids is 1. The van der Waals surface area contributed by atoms with E-state index in [9.17, 15) is 4.79 Å². The van der Waals surface area contributed by atoms with Crippen molar-refractivity contribution in [1.82, 2.24) is 4.98 Å². The van der Waals surface area contributed by atoms with E-state index in [1.165, 1.54) is 0 Å². The molecule has 0 aliphatic carbocycles. The minimum Gasteiger partial charge on any atom is -0.486 e. The summed E-state index contributed by atoms with van der Waals surface area (Å²) >= 11 is 1.58. The number of carboxylic acids is 1. The van der Waals surface area contributed by atoms with Crippen LogP contribution in [0.2, 0.25) is 0 Å². The van der Waals surface area contributed by atoms with Crippen LogP contribution in [0, 0.1) is 0 Å². The van der Waals surface area contributed by atoms with Crippen LogP contribution in [-0.2, 0) is 23.2 Å². The first-order valence-corrected chi connectivity index (χ1v) is 7.61. The first kappa shape index (κ1) is 15.5. The van der Waals surface area contributed by atoms with Crippen molar-refractivity contribution < 1.29 is 14.6 Å². The third-order valence-corrected chi connectivity index (χ3v) is 3.76. The van der Waals surface area contributed by atoms with Gasteiger partial charge in [-0.05, 0) is 17.7 Å². The minimum absolute atomic E-state index is 0.00260. The van der Waals surface area contributed by atoms with E-state index in [1.54, 1.807) is 29.5 Å². The van der Waals surface area contributed by atoms with Crippen LogP contribution in [-0.4, -0.2) is 16.1 Å². The summed E-state index contributed by atoms with van der Waals surface area (Å²) in [7, 11) is 0. The third-order valence-electron chi connectivity index (χ3n) is 2.94. The van der Waals surface area contributed by atoms with Gasteiger partial charge in [0.1, 0.15) is 17.4 Å². The van der Waals surface area contributed by atoms with Gasteiger partial charge in [-0.1, -0.05) is 32.9 Å². The van der Waals surface area contributed by atoms with E-state index in [-0.39, 0.29) is 11.8 Å². The van der Waals surface area contributed by atoms with Gasteiger partial charge in [-0.15, -0.1) is 11.3 Å². The largest absolute Gasteiger partial charge is 0.486 e. The second-order valence-electron chi connectivity index (χ2n) is 5.88. The number of carbonyl (C=O) groups is 1. The second-order valence-corrected chi connectivity index (χ2v) is 6.83. The number of rotatable bonds is 5. The van der Waals surface area contributed by atoms with Gasteiger partial charge in [-0.25, -0.2) is 4.98 Å². The van der Waals surface area contributed by atoms with E-state index in [1.807, 2.05) is 6.07 Å². The fraction of sp³-hybridized carbons (Fsp3) is 0.375. The zero-order valence-electron chi connectivity index (χ0n) is 12.4. The molecular formula is C16H19NO3S. The van der Waals surface area contributed by atoms with E-state index in [0.29, 0.717) is 12.4 Å². The third kappa shape index (κ3) is 4.56. The Balaban J connectivity index is 2.00. The summed E-state index contributed by atoms with van der Waals surface area (Å²) in [5.41, 5.74) is 1.83. The highest BCUT2D eigenvalue weighted by Gasteiger charge is 2.17. The molecule has 1 N–H and O–H groups in total. The van der Waals surface area contributed by atoms with Crippen molar-refractivity contribution in [2.24, 2.45) is 0 Å². The van der Waals surface area contributed by atoms with E-state index < -0.39 is 5.97 Å². The molecule has 1 aromatic carbocycles. The number of hydrogen-bond donors (Lipinski definition) is 1. The smallest absolute Gasteiger partial charge is 0.307 e. The summed E-state index contributed by atoms with van der Waals surface area (Å²) in [6.07, 6.45) is 0.00260. The molecule has 0 unspecified atom stereocenters. The molecule has 4 nitrogen and oxygen atoms in total. The fourth-order valence-electron chi connectivity index (χ4n) is 1.79. The Morgan fingerprint density at radius 1 is 1.38 bits per heavy atom. The summed E-state index contributed by atoms with van der Waals surface area (Å²) in [5.74, 6) is -0.178. The van der Waals surface area contributed by atoms with Crippen LogP contribution in [0.4, 0.5) is 0 Å². The van der Waals surface area contributed by atoms with Crippen molar-refractivity contribution in [3.8, 4) is 5.75 Å². The maximum Gasteiger partial charge on any atom is 0.307 e. The Morgan fingerprint density at radius 3 is 2.76 bits per heavy atom. The standard InChI is InChI=1S/C16H19NO3S/c1-16(2,3)13-10-21-14(17-13)9-20-12-6-4-5-11(7-12)8-15(18)19/h4-7,10H,8-9H2,1-3H3,(H,18,19). The Bertz CT molecular complexity index is 628. The molecule has 1 heterocycles. The Hall–Kier alpha value is -1.88. The SMILES string of the molecule is CC(C)(C)c1csc(COc2cccc(CC(=O)O)c2)n1. The molecule has 21 heavy (non-hydrogen) atoms. The molecule has 0 atom stereocenters. The number of ether oxygens (including phenoxy) is 1. The molecule has 0 aliphatic rings. The topological polar surface area (TPSA) is 59.4 Å². The molecule has 0 spiro atoms. The number of nitrogens with zero attached hydrogens (tertiary/aromatic N) is 1. The zero-order valence-corrected chi connectivity index (χ0v) is 13.2. The van der Waals surface area contributed by atoms with Gasteiger partial charge in [-0.3, -0.25) is 4.79 Å². The van der Waals surface area contributed by atoms with Gasteiger partial charge in [0, 0.05) is 10.8 Å². The lowest BCUT2D eigenvalue weighted by molar-refractivity contribution is -0.136. The Labute approximate surface area is 128 Å². The minimum atomic E-state index is -0.845. The highest BCUT2D eigenvalue weighted by molar-refractivity contribution is 7.09. The van der Waals surface area contributed by atoms with Gasteiger partial charge >= 0.3 is 5.97 Å². The van der Waals surface area contributed by atoms with Gasteiger partial charge in [0.15, 0.2) is 0 Å². The lowest BCUT2D eigenvalue weighted by Crippen LogP contribution is -2.11. The van der Waals surface area contributed by atoms with Crippen LogP contribution < -0.4 is 4.74 Å². The molecule has 2 rings (SSSR count). The quantitative estimate of drug-likeness (QED) is 0.916. The van der Waals surface area contributed by atoms with Crippen LogP contribution in [0.1, 0.15) is 37.0 Å². The fourth-order valence-corrected chi connectivity index (χ4v) is 2.72. The molecule has 0 saturated carbocycles. The number of thiazole rings is 1. The van der Waals surface area contributed by atoms with Gasteiger partial charge in [-0.2, -0.15) is 0 Å². The van der Waals surface area contributed by atoms with Crippen LogP contribution in [0.15, 0.2) is 29.6 Å². The van der Waals surface area contributed by atoms with Crippen LogP contribution in [0.5, 0.6) is 5.75 Å². The maximum atomic E-state index is 10.7. The molecule has 1 aromatic heterocycles. The molecule has 2 aromatic rings. The Kier molecular flexibility index (Phi) is 4.63. The molecule has 0 fully saturated rings. The van der Waals surface area contributed by atoms with Gasteiger partial charge in [0.2, 0.25) is 0 Å². The monoisotopic (exact) mass is 305 g/mol. The molecule has 0 aliphatic heterocycles. The predicted octanol–water partition coefficient (Wildman–Crippen LogP) is 3.65. The molecule has 112 valence electrons. The van der Waals surface area contributed by atoms with E-state index in [2.05, 4.69) is 31.1 Å². The zero-order chi connectivity index (χ0) is 15.5. The van der Waals surface area contributed by atoms with E-state index in [0.717, 1.165) is 16.3 Å². The van der Waals surface area contributed by atoms with Crippen molar-refractivity contribution in [3.05, 3.63) is 45.9 Å². The van der Waals surface area contributed by atoms with Gasteiger partial charge in [0.25, 0.3) is 0 Å². The summed E-state index contributed by atoms with van der Waals surface area (Å²) < 4.78 is 5.70. The van der Waals surface area contributed by atoms with Crippen molar-refractivity contribution in [2.75, 3.05) is 0 Å². The number of carboxylic acid groups (broad SMARTS) is 1. The van der Waals surface area contributed by atoms with Crippen molar-refractivity contribution in [1.29, 1.82) is 0 Å². The highest BCUT2D eigenvalue weighted by Crippen LogP contribution is 2.24. The van der Waals surface area contributed by atoms with Gasteiger partial charge in [0.05, 0.1) is 12.1 Å². The number of aromatic nitrogens is 1. The van der Waals surface area contributed by atoms with Gasteiger partial charge < -0.3 is 9.84 Å². The average molecular weight is 305 g/mol. The van der Waals surface area contributed by atoms with Crippen molar-refractivity contribution in [3.63, 3.8) is 0 Å². The summed E-state index contributed by atoms with van der Waals surface area (Å²) in [6, 6.07) is 7.16. The highest BCUT2D eigenvalue weighted by atomic mass is 32.1. The van der Waals surface area contributed by atoms with E-state index in [4.69, 9.17) is 9.84 Å². The lowest BCUT2D eigenvalue weighted by atomic mass is 9.93. The first-order chi connectivity index (χ1) is 9.84. The molecule has 5 heteroatoms. The van der Waals surface area contributed by atoms with E-state index >= 15 is 0 Å². The maximum absolute atomic E-state index is 10.7. The summed E-state index contributed by atoms with van der Waals surface area (Å²) in [5, 5.41) is 11.8. The first-order valence-electron chi connectivity index (χ1n) is 6.73. The normalized spacial score (nSPS) is 11.4. The second kappa shape index (κ2) is 6.26. The molecule has 0 saturated heterocycles. The molecule has 0 radical (unpaired) electrons. The van der Waals surface area contributed by atoms with Crippen LogP contribution in [0.25, 0.3) is 0 Å².